The van der Waals surface area contributed by atoms with E-state index >= 15 is 0 Å². The van der Waals surface area contributed by atoms with Crippen LogP contribution in [0, 0.1) is 13.0 Å². The number of nitrogens with zero attached hydrogens (tertiary/aromatic N) is 3. The number of halogens is 3. The normalized spacial score (nSPS) is 11.3. The van der Waals surface area contributed by atoms with Gasteiger partial charge in [0.05, 0.1) is 24.3 Å². The number of rotatable bonds is 6. The lowest BCUT2D eigenvalue weighted by Crippen LogP contribution is -2.20. The zero-order valence-corrected chi connectivity index (χ0v) is 23.1. The number of hydrogen-bond donors (Lipinski definition) is 0. The van der Waals surface area contributed by atoms with Crippen molar-refractivity contribution in [3.8, 4) is 17.1 Å². The monoisotopic (exact) mass is 701 g/mol. The Morgan fingerprint density at radius 1 is 0.917 bits per heavy atom. The molecule has 5 nitrogen and oxygen atoms in total. The van der Waals surface area contributed by atoms with E-state index in [0.29, 0.717) is 28.0 Å². The van der Waals surface area contributed by atoms with Crippen molar-refractivity contribution in [1.82, 2.24) is 9.66 Å². The summed E-state index contributed by atoms with van der Waals surface area (Å²) in [5.74, 6) is 0.839. The first-order chi connectivity index (χ1) is 17.5. The Bertz CT molecular complexity index is 1630. The van der Waals surface area contributed by atoms with Crippen molar-refractivity contribution in [2.24, 2.45) is 5.10 Å². The summed E-state index contributed by atoms with van der Waals surface area (Å²) in [6.07, 6.45) is 1.63. The Labute approximate surface area is 233 Å². The van der Waals surface area contributed by atoms with Crippen LogP contribution in [0.2, 0.25) is 0 Å². The predicted molar refractivity (Wildman–Crippen MR) is 157 cm³/mol. The fourth-order valence-electron chi connectivity index (χ4n) is 3.69. The summed E-state index contributed by atoms with van der Waals surface area (Å²) in [6.45, 7) is 0.130. The third-order valence-electron chi connectivity index (χ3n) is 5.46. The van der Waals surface area contributed by atoms with Crippen LogP contribution < -0.4 is 10.3 Å². The van der Waals surface area contributed by atoms with Gasteiger partial charge in [0.2, 0.25) is 0 Å². The van der Waals surface area contributed by atoms with Crippen molar-refractivity contribution in [3.05, 3.63) is 125 Å². The van der Waals surface area contributed by atoms with Crippen LogP contribution in [-0.4, -0.2) is 15.9 Å². The molecule has 178 valence electrons. The summed E-state index contributed by atoms with van der Waals surface area (Å²) in [5.41, 5.74) is 2.45. The van der Waals surface area contributed by atoms with Crippen LogP contribution in [0.3, 0.4) is 0 Å². The van der Waals surface area contributed by atoms with Crippen molar-refractivity contribution in [3.63, 3.8) is 0 Å². The van der Waals surface area contributed by atoms with Crippen LogP contribution in [0.25, 0.3) is 22.3 Å². The summed E-state index contributed by atoms with van der Waals surface area (Å²) in [7, 11) is 0. The largest absolute Gasteiger partial charge is 0.487 e. The van der Waals surface area contributed by atoms with Crippen LogP contribution in [0.1, 0.15) is 11.1 Å². The molecule has 0 aliphatic heterocycles. The molecule has 0 radical (unpaired) electrons. The van der Waals surface area contributed by atoms with Gasteiger partial charge < -0.3 is 4.74 Å². The van der Waals surface area contributed by atoms with Gasteiger partial charge in [-0.15, -0.1) is 0 Å². The minimum absolute atomic E-state index is 0.130. The van der Waals surface area contributed by atoms with Crippen LogP contribution in [-0.2, 0) is 6.61 Å². The van der Waals surface area contributed by atoms with Gasteiger partial charge in [-0.3, -0.25) is 4.79 Å². The van der Waals surface area contributed by atoms with Gasteiger partial charge in [0.15, 0.2) is 5.82 Å². The summed E-state index contributed by atoms with van der Waals surface area (Å²) in [4.78, 5) is 18.1. The molecule has 0 unspecified atom stereocenters. The minimum Gasteiger partial charge on any atom is -0.487 e. The lowest BCUT2D eigenvalue weighted by Gasteiger charge is -2.12. The number of ether oxygens (including phenoxy) is 1. The second kappa shape index (κ2) is 10.9. The van der Waals surface area contributed by atoms with Gasteiger partial charge in [-0.1, -0.05) is 60.7 Å². The highest BCUT2D eigenvalue weighted by atomic mass is 127. The Morgan fingerprint density at radius 3 is 2.33 bits per heavy atom. The molecule has 0 spiro atoms. The first kappa shape index (κ1) is 24.6. The molecule has 0 saturated heterocycles. The molecular weight excluding hydrogens is 683 g/mol. The summed E-state index contributed by atoms with van der Waals surface area (Å²) < 4.78 is 22.9. The second-order valence-corrected chi connectivity index (χ2v) is 10.2. The van der Waals surface area contributed by atoms with Gasteiger partial charge in [0.1, 0.15) is 18.2 Å². The predicted octanol–water partition coefficient (Wildman–Crippen LogP) is 6.87. The Kier molecular flexibility index (Phi) is 7.42. The Hall–Kier alpha value is -3.12. The average molecular weight is 701 g/mol. The lowest BCUT2D eigenvalue weighted by atomic mass is 10.2. The van der Waals surface area contributed by atoms with E-state index in [1.54, 1.807) is 30.5 Å². The van der Waals surface area contributed by atoms with Crippen molar-refractivity contribution < 1.29 is 9.13 Å². The zero-order chi connectivity index (χ0) is 25.1. The minimum atomic E-state index is -0.296. The third kappa shape index (κ3) is 5.19. The molecule has 1 heterocycles. The van der Waals surface area contributed by atoms with E-state index < -0.39 is 0 Å². The first-order valence-corrected chi connectivity index (χ1v) is 13.1. The smallest absolute Gasteiger partial charge is 0.282 e. The average Bonchev–Trinajstić information content (AvgIpc) is 2.89. The number of aromatic nitrogens is 2. The van der Waals surface area contributed by atoms with E-state index in [-0.39, 0.29) is 18.0 Å². The number of para-hydroxylation sites is 1. The van der Waals surface area contributed by atoms with E-state index in [0.717, 1.165) is 18.3 Å². The maximum Gasteiger partial charge on any atom is 0.282 e. The Balaban J connectivity index is 1.50. The zero-order valence-electron chi connectivity index (χ0n) is 18.7. The molecule has 4 aromatic carbocycles. The fourth-order valence-corrected chi connectivity index (χ4v) is 5.81. The second-order valence-electron chi connectivity index (χ2n) is 7.87. The van der Waals surface area contributed by atoms with Crippen molar-refractivity contribution in [2.75, 3.05) is 0 Å². The van der Waals surface area contributed by atoms with E-state index in [1.165, 1.54) is 10.7 Å². The van der Waals surface area contributed by atoms with E-state index in [4.69, 9.17) is 9.72 Å². The van der Waals surface area contributed by atoms with Crippen LogP contribution >= 0.6 is 45.2 Å². The topological polar surface area (TPSA) is 56.5 Å². The summed E-state index contributed by atoms with van der Waals surface area (Å²) in [5, 5.41) is 5.03. The maximum absolute atomic E-state index is 14.0. The third-order valence-corrected chi connectivity index (χ3v) is 7.06. The molecule has 36 heavy (non-hydrogen) atoms. The Morgan fingerprint density at radius 2 is 1.58 bits per heavy atom. The van der Waals surface area contributed by atoms with E-state index in [9.17, 15) is 9.18 Å². The molecule has 5 aromatic rings. The SMILES string of the molecule is O=c1c2ccccc2nc(-c2ccccc2)n1N=Cc1cc(I)c(OCc2ccccc2F)c(I)c1. The van der Waals surface area contributed by atoms with E-state index in [1.807, 2.05) is 60.7 Å². The summed E-state index contributed by atoms with van der Waals surface area (Å²) >= 11 is 4.37. The van der Waals surface area contributed by atoms with Crippen LogP contribution in [0.5, 0.6) is 5.75 Å². The highest BCUT2D eigenvalue weighted by molar-refractivity contribution is 14.1. The molecule has 0 fully saturated rings. The van der Waals surface area contributed by atoms with Crippen molar-refractivity contribution in [2.45, 2.75) is 6.61 Å². The maximum atomic E-state index is 14.0. The number of fused-ring (bicyclic) bond motifs is 1. The van der Waals surface area contributed by atoms with Gasteiger partial charge >= 0.3 is 0 Å². The highest BCUT2D eigenvalue weighted by Gasteiger charge is 2.13. The van der Waals surface area contributed by atoms with Crippen molar-refractivity contribution in [1.29, 1.82) is 0 Å². The lowest BCUT2D eigenvalue weighted by molar-refractivity contribution is 0.295. The number of hydrogen-bond acceptors (Lipinski definition) is 4. The standard InChI is InChI=1S/C28H18FI2N3O2/c29-22-12-6-4-10-20(22)17-36-26-23(30)14-18(15-24(26)31)16-32-34-27(19-8-2-1-3-9-19)33-25-13-7-5-11-21(25)28(34)35/h1-16H,17H2. The molecule has 0 aliphatic carbocycles. The number of benzene rings is 4. The highest BCUT2D eigenvalue weighted by Crippen LogP contribution is 2.29. The molecule has 0 amide bonds. The fraction of sp³-hybridized carbons (Fsp3) is 0.0357. The van der Waals surface area contributed by atoms with E-state index in [2.05, 4.69) is 50.3 Å². The van der Waals surface area contributed by atoms with Gasteiger partial charge in [-0.05, 0) is 81.1 Å². The van der Waals surface area contributed by atoms with Gasteiger partial charge in [-0.2, -0.15) is 9.78 Å². The van der Waals surface area contributed by atoms with Gasteiger partial charge in [0, 0.05) is 11.1 Å². The molecule has 0 atom stereocenters. The molecule has 0 bridgehead atoms. The molecular formula is C28H18FI2N3O2. The first-order valence-electron chi connectivity index (χ1n) is 11.0. The summed E-state index contributed by atoms with van der Waals surface area (Å²) in [6, 6.07) is 27.1. The van der Waals surface area contributed by atoms with Crippen LogP contribution in [0.15, 0.2) is 101 Å². The van der Waals surface area contributed by atoms with Crippen LogP contribution in [0.4, 0.5) is 4.39 Å². The molecule has 0 aliphatic rings. The molecule has 5 rings (SSSR count). The molecule has 0 N–H and O–H groups in total. The van der Waals surface area contributed by atoms with Gasteiger partial charge in [-0.25, -0.2) is 9.37 Å². The quantitative estimate of drug-likeness (QED) is 0.144. The molecule has 8 heteroatoms. The molecule has 0 saturated carbocycles. The van der Waals surface area contributed by atoms with Crippen molar-refractivity contribution >= 4 is 62.3 Å². The molecule has 1 aromatic heterocycles. The van der Waals surface area contributed by atoms with Gasteiger partial charge in [0.25, 0.3) is 5.56 Å².